The maximum absolute atomic E-state index is 12.4. The van der Waals surface area contributed by atoms with Crippen molar-refractivity contribution in [3.05, 3.63) is 71.8 Å². The Morgan fingerprint density at radius 1 is 1.00 bits per heavy atom. The molecular weight excluding hydrogens is 434 g/mol. The van der Waals surface area contributed by atoms with Gasteiger partial charge in [-0.1, -0.05) is 60.7 Å². The molecule has 10 nitrogen and oxygen atoms in total. The molecule has 33 heavy (non-hydrogen) atoms. The van der Waals surface area contributed by atoms with Gasteiger partial charge in [0.15, 0.2) is 18.7 Å². The highest BCUT2D eigenvalue weighted by molar-refractivity contribution is 5.78. The predicted molar refractivity (Wildman–Crippen MR) is 111 cm³/mol. The number of esters is 1. The van der Waals surface area contributed by atoms with E-state index >= 15 is 0 Å². The molecule has 6 atom stereocenters. The van der Waals surface area contributed by atoms with Gasteiger partial charge < -0.3 is 39.2 Å². The average Bonchev–Trinajstić information content (AvgIpc) is 2.85. The number of carbonyl (C=O) groups is 2. The fraction of sp³-hybridized carbons (Fsp3) is 0.391. The largest absolute Gasteiger partial charge is 0.455 e. The molecule has 4 rings (SSSR count). The molecule has 0 aliphatic carbocycles. The number of benzene rings is 2. The van der Waals surface area contributed by atoms with Crippen molar-refractivity contribution in [1.29, 1.82) is 0 Å². The van der Waals surface area contributed by atoms with Gasteiger partial charge >= 0.3 is 12.1 Å². The molecule has 2 fully saturated rings. The summed E-state index contributed by atoms with van der Waals surface area (Å²) >= 11 is 0. The van der Waals surface area contributed by atoms with Gasteiger partial charge in [0.1, 0.15) is 31.5 Å². The topological polar surface area (TPSA) is 133 Å². The van der Waals surface area contributed by atoms with Crippen LogP contribution in [0.15, 0.2) is 60.7 Å². The van der Waals surface area contributed by atoms with E-state index in [-0.39, 0.29) is 13.2 Å². The lowest BCUT2D eigenvalue weighted by atomic mass is 9.97. The van der Waals surface area contributed by atoms with Crippen LogP contribution in [0.25, 0.3) is 0 Å². The van der Waals surface area contributed by atoms with Gasteiger partial charge in [0.05, 0.1) is 6.61 Å². The first-order valence-corrected chi connectivity index (χ1v) is 10.5. The number of nitrogens with one attached hydrogen (secondary N) is 1. The maximum atomic E-state index is 12.4. The highest BCUT2D eigenvalue weighted by Crippen LogP contribution is 2.34. The number of rotatable bonds is 6. The number of amides is 1. The molecule has 10 heteroatoms. The molecule has 0 radical (unpaired) electrons. The zero-order chi connectivity index (χ0) is 23.2. The quantitative estimate of drug-likeness (QED) is 0.542. The third-order valence-corrected chi connectivity index (χ3v) is 5.25. The van der Waals surface area contributed by atoms with Crippen molar-refractivity contribution in [2.75, 3.05) is 13.2 Å². The van der Waals surface area contributed by atoms with E-state index < -0.39 is 55.6 Å². The predicted octanol–water partition coefficient (Wildman–Crippen LogP) is 1.02. The molecule has 6 unspecified atom stereocenters. The van der Waals surface area contributed by atoms with E-state index in [1.54, 1.807) is 12.1 Å². The molecule has 2 aromatic rings. The van der Waals surface area contributed by atoms with Gasteiger partial charge in [0.2, 0.25) is 0 Å². The highest BCUT2D eigenvalue weighted by Gasteiger charge is 2.51. The summed E-state index contributed by atoms with van der Waals surface area (Å²) in [6.45, 7) is -0.388. The number of fused-ring (bicyclic) bond motifs is 1. The third-order valence-electron chi connectivity index (χ3n) is 5.25. The molecule has 0 bridgehead atoms. The van der Waals surface area contributed by atoms with Gasteiger partial charge in [-0.15, -0.1) is 0 Å². The number of aliphatic hydroxyl groups excluding tert-OH is 2. The van der Waals surface area contributed by atoms with Crippen LogP contribution in [0.4, 0.5) is 4.79 Å². The minimum atomic E-state index is -1.59. The summed E-state index contributed by atoms with van der Waals surface area (Å²) in [6, 6.07) is 18.2. The molecule has 176 valence electrons. The van der Waals surface area contributed by atoms with Crippen LogP contribution in [0.2, 0.25) is 0 Å². The first-order chi connectivity index (χ1) is 16.0. The number of hydrogen-bond donors (Lipinski definition) is 3. The maximum Gasteiger partial charge on any atom is 0.407 e. The van der Waals surface area contributed by atoms with Gasteiger partial charge in [0, 0.05) is 5.56 Å². The van der Waals surface area contributed by atoms with Crippen molar-refractivity contribution < 1.29 is 43.5 Å². The zero-order valence-electron chi connectivity index (χ0n) is 17.6. The summed E-state index contributed by atoms with van der Waals surface area (Å²) in [7, 11) is 0. The van der Waals surface area contributed by atoms with Gasteiger partial charge in [0.25, 0.3) is 0 Å². The monoisotopic (exact) mass is 459 g/mol. The van der Waals surface area contributed by atoms with Crippen molar-refractivity contribution in [3.63, 3.8) is 0 Å². The SMILES string of the molecule is O=C(CNC(=O)OCc1ccccc1)OC1C(O)C(O)OC2COC(c3ccccc3)OC21. The second-order valence-corrected chi connectivity index (χ2v) is 7.60. The van der Waals surface area contributed by atoms with E-state index in [4.69, 9.17) is 23.7 Å². The van der Waals surface area contributed by atoms with Crippen LogP contribution in [0.5, 0.6) is 0 Å². The lowest BCUT2D eigenvalue weighted by molar-refractivity contribution is -0.355. The van der Waals surface area contributed by atoms with Crippen LogP contribution in [-0.2, 0) is 35.1 Å². The van der Waals surface area contributed by atoms with Crippen molar-refractivity contribution in [2.24, 2.45) is 0 Å². The summed E-state index contributed by atoms with van der Waals surface area (Å²) in [5, 5.41) is 22.7. The van der Waals surface area contributed by atoms with Gasteiger partial charge in [-0.05, 0) is 5.56 Å². The van der Waals surface area contributed by atoms with Crippen LogP contribution in [0.1, 0.15) is 17.4 Å². The Morgan fingerprint density at radius 3 is 2.42 bits per heavy atom. The van der Waals surface area contributed by atoms with Crippen LogP contribution in [0.3, 0.4) is 0 Å². The molecule has 0 aromatic heterocycles. The molecule has 0 saturated carbocycles. The Bertz CT molecular complexity index is 926. The summed E-state index contributed by atoms with van der Waals surface area (Å²) in [6.07, 6.45) is -7.58. The molecule has 1 amide bonds. The Balaban J connectivity index is 1.32. The second kappa shape index (κ2) is 10.7. The van der Waals surface area contributed by atoms with E-state index in [1.165, 1.54) is 0 Å². The van der Waals surface area contributed by atoms with Gasteiger partial charge in [-0.2, -0.15) is 0 Å². The van der Waals surface area contributed by atoms with E-state index in [2.05, 4.69) is 5.32 Å². The Morgan fingerprint density at radius 2 is 1.70 bits per heavy atom. The van der Waals surface area contributed by atoms with E-state index in [9.17, 15) is 19.8 Å². The standard InChI is InChI=1S/C23H25NO9/c25-17(11-24-23(28)30-12-14-7-3-1-4-8-14)32-20-18(26)21(27)31-16-13-29-22(33-19(16)20)15-9-5-2-6-10-15/h1-10,16,18-22,26-27H,11-13H2,(H,24,28). The molecule has 2 aliphatic rings. The molecule has 2 saturated heterocycles. The lowest BCUT2D eigenvalue weighted by Gasteiger charge is -2.46. The number of aliphatic hydroxyl groups is 2. The van der Waals surface area contributed by atoms with Crippen LogP contribution in [0, 0.1) is 0 Å². The Kier molecular flexibility index (Phi) is 7.53. The third kappa shape index (κ3) is 5.86. The zero-order valence-corrected chi connectivity index (χ0v) is 17.6. The average molecular weight is 459 g/mol. The van der Waals surface area contributed by atoms with Crippen molar-refractivity contribution in [2.45, 2.75) is 43.6 Å². The Hall–Kier alpha value is -3.02. The number of hydrogen-bond acceptors (Lipinski definition) is 9. The summed E-state index contributed by atoms with van der Waals surface area (Å²) in [5.41, 5.74) is 1.54. The molecule has 2 aliphatic heterocycles. The first kappa shape index (κ1) is 23.1. The lowest BCUT2D eigenvalue weighted by Crippen LogP contribution is -2.63. The second-order valence-electron chi connectivity index (χ2n) is 7.60. The van der Waals surface area contributed by atoms with E-state index in [0.717, 1.165) is 11.1 Å². The van der Waals surface area contributed by atoms with Crippen LogP contribution in [-0.4, -0.2) is 66.1 Å². The minimum absolute atomic E-state index is 0.0467. The number of ether oxygens (including phenoxy) is 5. The molecule has 3 N–H and O–H groups in total. The van der Waals surface area contributed by atoms with Crippen LogP contribution < -0.4 is 5.32 Å². The summed E-state index contributed by atoms with van der Waals surface area (Å²) in [5.74, 6) is -0.838. The smallest absolute Gasteiger partial charge is 0.407 e. The number of alkyl carbamates (subject to hydrolysis) is 1. The van der Waals surface area contributed by atoms with E-state index in [0.29, 0.717) is 0 Å². The fourth-order valence-corrected chi connectivity index (χ4v) is 3.60. The molecule has 2 heterocycles. The van der Waals surface area contributed by atoms with Crippen LogP contribution >= 0.6 is 0 Å². The van der Waals surface area contributed by atoms with Gasteiger partial charge in [-0.3, -0.25) is 4.79 Å². The van der Waals surface area contributed by atoms with Gasteiger partial charge in [-0.25, -0.2) is 4.79 Å². The summed E-state index contributed by atoms with van der Waals surface area (Å²) in [4.78, 5) is 24.2. The van der Waals surface area contributed by atoms with E-state index in [1.807, 2.05) is 48.5 Å². The van der Waals surface area contributed by atoms with Crippen molar-refractivity contribution in [1.82, 2.24) is 5.32 Å². The van der Waals surface area contributed by atoms with Crippen molar-refractivity contribution >= 4 is 12.1 Å². The molecule has 0 spiro atoms. The Labute approximate surface area is 190 Å². The summed E-state index contributed by atoms with van der Waals surface area (Å²) < 4.78 is 27.3. The molecular formula is C23H25NO9. The number of carbonyl (C=O) groups excluding carboxylic acids is 2. The minimum Gasteiger partial charge on any atom is -0.455 e. The fourth-order valence-electron chi connectivity index (χ4n) is 3.60. The molecule has 2 aromatic carbocycles. The normalized spacial score (nSPS) is 28.9. The van der Waals surface area contributed by atoms with Crippen molar-refractivity contribution in [3.8, 4) is 0 Å². The highest BCUT2D eigenvalue weighted by atomic mass is 16.7. The first-order valence-electron chi connectivity index (χ1n) is 10.5.